The summed E-state index contributed by atoms with van der Waals surface area (Å²) in [6, 6.07) is 8.60. The fourth-order valence-electron chi connectivity index (χ4n) is 3.04. The van der Waals surface area contributed by atoms with Crippen LogP contribution < -0.4 is 5.32 Å². The van der Waals surface area contributed by atoms with Crippen molar-refractivity contribution in [2.75, 3.05) is 32.8 Å². The molecule has 1 atom stereocenters. The van der Waals surface area contributed by atoms with E-state index in [0.717, 1.165) is 45.7 Å². The van der Waals surface area contributed by atoms with Gasteiger partial charge in [0.05, 0.1) is 19.3 Å². The van der Waals surface area contributed by atoms with Crippen LogP contribution in [-0.2, 0) is 9.53 Å². The molecule has 0 aromatic heterocycles. The van der Waals surface area contributed by atoms with Crippen molar-refractivity contribution in [1.82, 2.24) is 10.2 Å². The quantitative estimate of drug-likeness (QED) is 0.907. The van der Waals surface area contributed by atoms with E-state index in [-0.39, 0.29) is 17.9 Å². The maximum Gasteiger partial charge on any atom is 0.223 e. The molecule has 1 aliphatic heterocycles. The van der Waals surface area contributed by atoms with Crippen LogP contribution in [0.5, 0.6) is 0 Å². The fourth-order valence-corrected chi connectivity index (χ4v) is 3.04. The number of rotatable bonds is 5. The van der Waals surface area contributed by atoms with Gasteiger partial charge in [-0.1, -0.05) is 36.2 Å². The maximum atomic E-state index is 12.4. The van der Waals surface area contributed by atoms with Gasteiger partial charge in [-0.05, 0) is 25.3 Å². The Hall–Kier alpha value is -1.39. The van der Waals surface area contributed by atoms with E-state index in [0.29, 0.717) is 0 Å². The van der Waals surface area contributed by atoms with E-state index in [1.807, 2.05) is 0 Å². The number of nitrogens with one attached hydrogen (secondary N) is 1. The van der Waals surface area contributed by atoms with Crippen LogP contribution in [0.3, 0.4) is 0 Å². The van der Waals surface area contributed by atoms with Crippen molar-refractivity contribution in [2.24, 2.45) is 5.92 Å². The van der Waals surface area contributed by atoms with Crippen molar-refractivity contribution in [3.8, 4) is 0 Å². The summed E-state index contributed by atoms with van der Waals surface area (Å²) in [4.78, 5) is 14.7. The van der Waals surface area contributed by atoms with Crippen molar-refractivity contribution < 1.29 is 9.53 Å². The highest BCUT2D eigenvalue weighted by Crippen LogP contribution is 2.27. The molecule has 4 heteroatoms. The van der Waals surface area contributed by atoms with E-state index in [1.165, 1.54) is 17.5 Å². The highest BCUT2D eigenvalue weighted by atomic mass is 16.5. The molecule has 2 fully saturated rings. The summed E-state index contributed by atoms with van der Waals surface area (Å²) in [5, 5.41) is 3.28. The molecule has 1 saturated carbocycles. The molecular formula is C18H26N2O2. The number of carbonyl (C=O) groups excluding carboxylic acids is 1. The van der Waals surface area contributed by atoms with Gasteiger partial charge in [-0.25, -0.2) is 0 Å². The Labute approximate surface area is 132 Å². The van der Waals surface area contributed by atoms with Crippen LogP contribution >= 0.6 is 0 Å². The maximum absolute atomic E-state index is 12.4. The van der Waals surface area contributed by atoms with Crippen molar-refractivity contribution in [2.45, 2.75) is 32.2 Å². The predicted octanol–water partition coefficient (Wildman–Crippen LogP) is 2.28. The van der Waals surface area contributed by atoms with Gasteiger partial charge in [0.15, 0.2) is 0 Å². The van der Waals surface area contributed by atoms with Crippen LogP contribution in [0.25, 0.3) is 0 Å². The van der Waals surface area contributed by atoms with Crippen molar-refractivity contribution in [3.63, 3.8) is 0 Å². The summed E-state index contributed by atoms with van der Waals surface area (Å²) < 4.78 is 5.42. The lowest BCUT2D eigenvalue weighted by Crippen LogP contribution is -2.45. The Bertz CT molecular complexity index is 490. The summed E-state index contributed by atoms with van der Waals surface area (Å²) in [5.74, 6) is 0.461. The summed E-state index contributed by atoms with van der Waals surface area (Å²) in [6.45, 7) is 6.43. The molecule has 1 saturated heterocycles. The number of ether oxygens (including phenoxy) is 1. The van der Waals surface area contributed by atoms with E-state index >= 15 is 0 Å². The van der Waals surface area contributed by atoms with Gasteiger partial charge >= 0.3 is 0 Å². The molecule has 1 aromatic carbocycles. The molecular weight excluding hydrogens is 276 g/mol. The number of aryl methyl sites for hydroxylation is 1. The second kappa shape index (κ2) is 7.25. The third-order valence-corrected chi connectivity index (χ3v) is 4.82. The molecule has 2 aliphatic rings. The number of nitrogens with zero attached hydrogens (tertiary/aromatic N) is 1. The van der Waals surface area contributed by atoms with Crippen molar-refractivity contribution >= 4 is 5.91 Å². The Morgan fingerprint density at radius 1 is 1.27 bits per heavy atom. The molecule has 0 radical (unpaired) electrons. The van der Waals surface area contributed by atoms with Crippen molar-refractivity contribution in [3.05, 3.63) is 35.4 Å². The minimum absolute atomic E-state index is 0.0757. The number of hydrogen-bond donors (Lipinski definition) is 1. The average Bonchev–Trinajstić information content (AvgIpc) is 2.46. The van der Waals surface area contributed by atoms with E-state index < -0.39 is 0 Å². The molecule has 1 amide bonds. The van der Waals surface area contributed by atoms with Gasteiger partial charge in [-0.3, -0.25) is 9.69 Å². The molecule has 4 nitrogen and oxygen atoms in total. The van der Waals surface area contributed by atoms with Gasteiger partial charge in [0, 0.05) is 25.6 Å². The number of carbonyl (C=O) groups is 1. The topological polar surface area (TPSA) is 41.6 Å². The molecule has 22 heavy (non-hydrogen) atoms. The molecule has 0 spiro atoms. The van der Waals surface area contributed by atoms with Crippen molar-refractivity contribution in [1.29, 1.82) is 0 Å². The minimum atomic E-state index is 0.0757. The van der Waals surface area contributed by atoms with Gasteiger partial charge < -0.3 is 10.1 Å². The van der Waals surface area contributed by atoms with Gasteiger partial charge in [0.25, 0.3) is 0 Å². The van der Waals surface area contributed by atoms with Gasteiger partial charge in [-0.2, -0.15) is 0 Å². The van der Waals surface area contributed by atoms with E-state index in [9.17, 15) is 4.79 Å². The van der Waals surface area contributed by atoms with Crippen LogP contribution in [0.1, 0.15) is 36.4 Å². The Kier molecular flexibility index (Phi) is 5.11. The van der Waals surface area contributed by atoms with Crippen LogP contribution in [0.2, 0.25) is 0 Å². The lowest BCUT2D eigenvalue weighted by molar-refractivity contribution is -0.128. The number of benzene rings is 1. The van der Waals surface area contributed by atoms with Crippen LogP contribution in [-0.4, -0.2) is 43.7 Å². The highest BCUT2D eigenvalue weighted by molar-refractivity contribution is 5.79. The first-order chi connectivity index (χ1) is 10.7. The Morgan fingerprint density at radius 3 is 2.55 bits per heavy atom. The normalized spacial score (nSPS) is 21.1. The molecule has 1 heterocycles. The molecule has 120 valence electrons. The zero-order valence-corrected chi connectivity index (χ0v) is 13.4. The number of morpholine rings is 1. The molecule has 1 aliphatic carbocycles. The van der Waals surface area contributed by atoms with E-state index in [4.69, 9.17) is 4.74 Å². The Morgan fingerprint density at radius 2 is 1.95 bits per heavy atom. The van der Waals surface area contributed by atoms with Crippen LogP contribution in [0.4, 0.5) is 0 Å². The third kappa shape index (κ3) is 3.87. The Balaban J connectivity index is 1.68. The van der Waals surface area contributed by atoms with Gasteiger partial charge in [0.1, 0.15) is 0 Å². The highest BCUT2D eigenvalue weighted by Gasteiger charge is 2.28. The second-order valence-corrected chi connectivity index (χ2v) is 6.51. The summed E-state index contributed by atoms with van der Waals surface area (Å²) in [7, 11) is 0. The smallest absolute Gasteiger partial charge is 0.223 e. The van der Waals surface area contributed by atoms with E-state index in [2.05, 4.69) is 41.4 Å². The van der Waals surface area contributed by atoms with Gasteiger partial charge in [0.2, 0.25) is 5.91 Å². The lowest BCUT2D eigenvalue weighted by Gasteiger charge is -2.33. The summed E-state index contributed by atoms with van der Waals surface area (Å²) in [5.41, 5.74) is 2.45. The summed E-state index contributed by atoms with van der Waals surface area (Å²) >= 11 is 0. The predicted molar refractivity (Wildman–Crippen MR) is 86.7 cm³/mol. The van der Waals surface area contributed by atoms with Gasteiger partial charge in [-0.15, -0.1) is 0 Å². The molecule has 0 unspecified atom stereocenters. The molecule has 3 rings (SSSR count). The molecule has 1 aromatic rings. The standard InChI is InChI=1S/C18H26N2O2/c1-14-5-7-15(8-6-14)17(13-20-9-11-22-12-10-20)19-18(21)16-3-2-4-16/h5-8,16-17H,2-4,9-13H2,1H3,(H,19,21)/t17-/m1/s1. The molecule has 0 bridgehead atoms. The second-order valence-electron chi connectivity index (χ2n) is 6.51. The third-order valence-electron chi connectivity index (χ3n) is 4.82. The van der Waals surface area contributed by atoms with E-state index in [1.54, 1.807) is 0 Å². The van der Waals surface area contributed by atoms with Crippen LogP contribution in [0, 0.1) is 12.8 Å². The zero-order chi connectivity index (χ0) is 15.4. The molecule has 1 N–H and O–H groups in total. The average molecular weight is 302 g/mol. The largest absolute Gasteiger partial charge is 0.379 e. The monoisotopic (exact) mass is 302 g/mol. The lowest BCUT2D eigenvalue weighted by atomic mass is 9.84. The number of amides is 1. The fraction of sp³-hybridized carbons (Fsp3) is 0.611. The SMILES string of the molecule is Cc1ccc([C@@H](CN2CCOCC2)NC(=O)C2CCC2)cc1. The first-order valence-corrected chi connectivity index (χ1v) is 8.39. The minimum Gasteiger partial charge on any atom is -0.379 e. The zero-order valence-electron chi connectivity index (χ0n) is 13.4. The first-order valence-electron chi connectivity index (χ1n) is 8.39. The first kappa shape index (κ1) is 15.5. The summed E-state index contributed by atoms with van der Waals surface area (Å²) in [6.07, 6.45) is 3.28. The number of hydrogen-bond acceptors (Lipinski definition) is 3. The van der Waals surface area contributed by atoms with Crippen LogP contribution in [0.15, 0.2) is 24.3 Å².